The van der Waals surface area contributed by atoms with E-state index in [9.17, 15) is 0 Å². The Bertz CT molecular complexity index is 318. The Labute approximate surface area is 116 Å². The number of aromatic nitrogens is 1. The standard InChI is InChI=1S/C15H28N2S/c1-5-8-16-14(9-13(6-2)7-3)10-15-11-18-12(4)17-15/h11,13-14,16H,5-10H2,1-4H3. The van der Waals surface area contributed by atoms with Gasteiger partial charge in [0.25, 0.3) is 0 Å². The summed E-state index contributed by atoms with van der Waals surface area (Å²) < 4.78 is 0. The fourth-order valence-corrected chi connectivity index (χ4v) is 2.99. The zero-order valence-corrected chi connectivity index (χ0v) is 13.1. The van der Waals surface area contributed by atoms with Gasteiger partial charge >= 0.3 is 0 Å². The summed E-state index contributed by atoms with van der Waals surface area (Å²) in [6.45, 7) is 10.0. The first-order valence-corrected chi connectivity index (χ1v) is 8.21. The molecule has 0 aliphatic rings. The van der Waals surface area contributed by atoms with E-state index in [1.165, 1.54) is 36.4 Å². The van der Waals surface area contributed by atoms with Gasteiger partial charge in [0.2, 0.25) is 0 Å². The van der Waals surface area contributed by atoms with Crippen LogP contribution in [-0.2, 0) is 6.42 Å². The van der Waals surface area contributed by atoms with Crippen LogP contribution in [0.15, 0.2) is 5.38 Å². The van der Waals surface area contributed by atoms with Crippen molar-refractivity contribution in [3.05, 3.63) is 16.1 Å². The first kappa shape index (κ1) is 15.6. The summed E-state index contributed by atoms with van der Waals surface area (Å²) in [4.78, 5) is 4.60. The maximum absolute atomic E-state index is 4.60. The molecule has 0 radical (unpaired) electrons. The molecule has 1 N–H and O–H groups in total. The van der Waals surface area contributed by atoms with Gasteiger partial charge in [0.15, 0.2) is 0 Å². The van der Waals surface area contributed by atoms with Crippen molar-refractivity contribution in [2.75, 3.05) is 6.54 Å². The molecule has 0 spiro atoms. The topological polar surface area (TPSA) is 24.9 Å². The van der Waals surface area contributed by atoms with Crippen molar-refractivity contribution in [3.8, 4) is 0 Å². The Balaban J connectivity index is 2.53. The van der Waals surface area contributed by atoms with Crippen molar-refractivity contribution >= 4 is 11.3 Å². The zero-order valence-electron chi connectivity index (χ0n) is 12.3. The minimum Gasteiger partial charge on any atom is -0.314 e. The number of hydrogen-bond donors (Lipinski definition) is 1. The molecule has 1 aromatic rings. The highest BCUT2D eigenvalue weighted by Crippen LogP contribution is 2.18. The molecule has 1 aromatic heterocycles. The van der Waals surface area contributed by atoms with Gasteiger partial charge in [-0.1, -0.05) is 33.6 Å². The monoisotopic (exact) mass is 268 g/mol. The highest BCUT2D eigenvalue weighted by molar-refractivity contribution is 7.09. The molecule has 1 unspecified atom stereocenters. The minimum atomic E-state index is 0.594. The van der Waals surface area contributed by atoms with Gasteiger partial charge in [0.1, 0.15) is 0 Å². The number of hydrogen-bond acceptors (Lipinski definition) is 3. The molecule has 18 heavy (non-hydrogen) atoms. The van der Waals surface area contributed by atoms with Crippen molar-refractivity contribution in [1.82, 2.24) is 10.3 Å². The molecule has 0 saturated carbocycles. The van der Waals surface area contributed by atoms with Crippen LogP contribution >= 0.6 is 11.3 Å². The largest absolute Gasteiger partial charge is 0.314 e. The van der Waals surface area contributed by atoms with E-state index in [0.29, 0.717) is 6.04 Å². The molecule has 0 fully saturated rings. The molecule has 1 rings (SSSR count). The summed E-state index contributed by atoms with van der Waals surface area (Å²) in [7, 11) is 0. The van der Waals surface area contributed by atoms with Crippen molar-refractivity contribution in [2.45, 2.75) is 65.8 Å². The first-order valence-electron chi connectivity index (χ1n) is 7.33. The lowest BCUT2D eigenvalue weighted by Gasteiger charge is -2.22. The number of rotatable bonds is 9. The van der Waals surface area contributed by atoms with Crippen LogP contribution in [0.2, 0.25) is 0 Å². The third-order valence-electron chi connectivity index (χ3n) is 3.58. The first-order chi connectivity index (χ1) is 8.69. The zero-order chi connectivity index (χ0) is 13.4. The fourth-order valence-electron chi connectivity index (χ4n) is 2.37. The Kier molecular flexibility index (Phi) is 7.52. The maximum atomic E-state index is 4.60. The van der Waals surface area contributed by atoms with Gasteiger partial charge in [0, 0.05) is 17.8 Å². The van der Waals surface area contributed by atoms with E-state index >= 15 is 0 Å². The normalized spacial score (nSPS) is 13.2. The summed E-state index contributed by atoms with van der Waals surface area (Å²) >= 11 is 1.76. The van der Waals surface area contributed by atoms with Crippen LogP contribution in [0.3, 0.4) is 0 Å². The Morgan fingerprint density at radius 2 is 2.00 bits per heavy atom. The summed E-state index contributed by atoms with van der Waals surface area (Å²) in [6, 6.07) is 0.594. The van der Waals surface area contributed by atoms with Crippen LogP contribution in [0.25, 0.3) is 0 Å². The second-order valence-corrected chi connectivity index (χ2v) is 6.19. The predicted octanol–water partition coefficient (Wildman–Crippen LogP) is 4.19. The Hall–Kier alpha value is -0.410. The van der Waals surface area contributed by atoms with Crippen LogP contribution in [0.5, 0.6) is 0 Å². The number of nitrogens with zero attached hydrogens (tertiary/aromatic N) is 1. The van der Waals surface area contributed by atoms with E-state index in [-0.39, 0.29) is 0 Å². The van der Waals surface area contributed by atoms with Crippen molar-refractivity contribution in [1.29, 1.82) is 0 Å². The van der Waals surface area contributed by atoms with E-state index in [2.05, 4.69) is 43.4 Å². The lowest BCUT2D eigenvalue weighted by atomic mass is 9.92. The summed E-state index contributed by atoms with van der Waals surface area (Å²) in [5.74, 6) is 0.846. The molecule has 0 amide bonds. The third kappa shape index (κ3) is 5.49. The second-order valence-electron chi connectivity index (χ2n) is 5.13. The van der Waals surface area contributed by atoms with Gasteiger partial charge in [-0.05, 0) is 32.2 Å². The van der Waals surface area contributed by atoms with Crippen LogP contribution in [0.1, 0.15) is 57.2 Å². The van der Waals surface area contributed by atoms with Crippen LogP contribution in [-0.4, -0.2) is 17.6 Å². The lowest BCUT2D eigenvalue weighted by molar-refractivity contribution is 0.362. The van der Waals surface area contributed by atoms with Gasteiger partial charge in [-0.15, -0.1) is 11.3 Å². The van der Waals surface area contributed by atoms with Crippen molar-refractivity contribution < 1.29 is 0 Å². The van der Waals surface area contributed by atoms with Crippen LogP contribution in [0, 0.1) is 12.8 Å². The highest BCUT2D eigenvalue weighted by Gasteiger charge is 2.15. The van der Waals surface area contributed by atoms with E-state index in [4.69, 9.17) is 0 Å². The molecule has 3 heteroatoms. The second kappa shape index (κ2) is 8.65. The van der Waals surface area contributed by atoms with Gasteiger partial charge in [-0.25, -0.2) is 4.98 Å². The Morgan fingerprint density at radius 1 is 1.28 bits per heavy atom. The minimum absolute atomic E-state index is 0.594. The van der Waals surface area contributed by atoms with Crippen molar-refractivity contribution in [2.24, 2.45) is 5.92 Å². The average Bonchev–Trinajstić information content (AvgIpc) is 2.78. The van der Waals surface area contributed by atoms with Gasteiger partial charge in [-0.2, -0.15) is 0 Å². The molecule has 0 aliphatic carbocycles. The molecule has 0 bridgehead atoms. The molecule has 0 aliphatic heterocycles. The van der Waals surface area contributed by atoms with Gasteiger partial charge in [-0.3, -0.25) is 0 Å². The number of thiazole rings is 1. The van der Waals surface area contributed by atoms with E-state index in [0.717, 1.165) is 18.9 Å². The lowest BCUT2D eigenvalue weighted by Crippen LogP contribution is -2.33. The summed E-state index contributed by atoms with van der Waals surface area (Å²) in [6.07, 6.45) is 6.15. The molecular formula is C15H28N2S. The fraction of sp³-hybridized carbons (Fsp3) is 0.800. The van der Waals surface area contributed by atoms with E-state index < -0.39 is 0 Å². The van der Waals surface area contributed by atoms with Crippen molar-refractivity contribution in [3.63, 3.8) is 0 Å². The van der Waals surface area contributed by atoms with E-state index in [1.807, 2.05) is 0 Å². The SMILES string of the molecule is CCCNC(Cc1csc(C)n1)CC(CC)CC. The van der Waals surface area contributed by atoms with E-state index in [1.54, 1.807) is 11.3 Å². The molecule has 1 atom stereocenters. The number of nitrogens with one attached hydrogen (secondary N) is 1. The molecule has 1 heterocycles. The van der Waals surface area contributed by atoms with Crippen LogP contribution < -0.4 is 5.32 Å². The van der Waals surface area contributed by atoms with Gasteiger partial charge in [0.05, 0.1) is 10.7 Å². The smallest absolute Gasteiger partial charge is 0.0897 e. The highest BCUT2D eigenvalue weighted by atomic mass is 32.1. The maximum Gasteiger partial charge on any atom is 0.0897 e. The predicted molar refractivity (Wildman–Crippen MR) is 81.3 cm³/mol. The molecule has 0 saturated heterocycles. The Morgan fingerprint density at radius 3 is 2.50 bits per heavy atom. The molecular weight excluding hydrogens is 240 g/mol. The molecule has 2 nitrogen and oxygen atoms in total. The summed E-state index contributed by atoms with van der Waals surface area (Å²) in [5.41, 5.74) is 1.26. The summed E-state index contributed by atoms with van der Waals surface area (Å²) in [5, 5.41) is 7.08. The molecule has 0 aromatic carbocycles. The average molecular weight is 268 g/mol. The number of aryl methyl sites for hydroxylation is 1. The quantitative estimate of drug-likeness (QED) is 0.726. The van der Waals surface area contributed by atoms with Gasteiger partial charge < -0.3 is 5.32 Å². The third-order valence-corrected chi connectivity index (χ3v) is 4.40. The molecule has 104 valence electrons. The van der Waals surface area contributed by atoms with Crippen LogP contribution in [0.4, 0.5) is 0 Å².